The highest BCUT2D eigenvalue weighted by molar-refractivity contribution is 7.89. The second kappa shape index (κ2) is 6.46. The first kappa shape index (κ1) is 16.5. The maximum absolute atomic E-state index is 12.8. The van der Waals surface area contributed by atoms with Crippen molar-refractivity contribution in [3.8, 4) is 0 Å². The lowest BCUT2D eigenvalue weighted by atomic mass is 9.86. The minimum atomic E-state index is -3.45. The predicted octanol–water partition coefficient (Wildman–Crippen LogP) is 2.91. The molecule has 0 spiro atoms. The molecule has 1 aliphatic carbocycles. The van der Waals surface area contributed by atoms with Crippen molar-refractivity contribution in [1.82, 2.24) is 4.31 Å². The van der Waals surface area contributed by atoms with Gasteiger partial charge in [-0.2, -0.15) is 4.31 Å². The molecule has 1 aromatic rings. The molecular weight excluding hydrogens is 284 g/mol. The van der Waals surface area contributed by atoms with Gasteiger partial charge in [0.15, 0.2) is 0 Å². The van der Waals surface area contributed by atoms with E-state index in [9.17, 15) is 8.42 Å². The molecule has 5 heteroatoms. The summed E-state index contributed by atoms with van der Waals surface area (Å²) in [5.41, 5.74) is 6.71. The Morgan fingerprint density at radius 3 is 2.57 bits per heavy atom. The van der Waals surface area contributed by atoms with E-state index >= 15 is 0 Å². The van der Waals surface area contributed by atoms with Crippen LogP contribution >= 0.6 is 0 Å². The highest BCUT2D eigenvalue weighted by Gasteiger charge is 2.33. The second-order valence-corrected chi connectivity index (χ2v) is 8.21. The summed E-state index contributed by atoms with van der Waals surface area (Å²) in [5, 5.41) is 0. The summed E-state index contributed by atoms with van der Waals surface area (Å²) in [7, 11) is -1.74. The van der Waals surface area contributed by atoms with Crippen LogP contribution in [-0.4, -0.2) is 25.8 Å². The lowest BCUT2D eigenvalue weighted by Gasteiger charge is -2.35. The average molecular weight is 310 g/mol. The molecule has 0 aliphatic heterocycles. The molecule has 0 aromatic heterocycles. The standard InChI is InChI=1S/C16H26N2O2S/c1-12-7-4-5-10-16(12)18(3)21(19,20)15-9-6-8-14(11-15)13(2)17/h6,8-9,11-13,16H,4-5,7,10,17H2,1-3H3. The summed E-state index contributed by atoms with van der Waals surface area (Å²) in [6.45, 7) is 4.01. The van der Waals surface area contributed by atoms with E-state index in [1.165, 1.54) is 6.42 Å². The first-order valence-corrected chi connectivity index (χ1v) is 9.11. The Morgan fingerprint density at radius 1 is 1.29 bits per heavy atom. The number of nitrogens with two attached hydrogens (primary N) is 1. The lowest BCUT2D eigenvalue weighted by Crippen LogP contribution is -2.42. The van der Waals surface area contributed by atoms with Gasteiger partial charge in [0.2, 0.25) is 10.0 Å². The van der Waals surface area contributed by atoms with Crippen LogP contribution in [0, 0.1) is 5.92 Å². The Bertz CT molecular complexity index is 584. The van der Waals surface area contributed by atoms with Gasteiger partial charge in [-0.25, -0.2) is 8.42 Å². The van der Waals surface area contributed by atoms with Crippen molar-refractivity contribution >= 4 is 10.0 Å². The molecule has 2 N–H and O–H groups in total. The van der Waals surface area contributed by atoms with Crippen molar-refractivity contribution in [2.24, 2.45) is 11.7 Å². The van der Waals surface area contributed by atoms with Gasteiger partial charge in [0, 0.05) is 19.1 Å². The molecule has 118 valence electrons. The van der Waals surface area contributed by atoms with E-state index in [0.717, 1.165) is 24.8 Å². The zero-order chi connectivity index (χ0) is 15.6. The normalized spacial score (nSPS) is 25.0. The zero-order valence-corrected chi connectivity index (χ0v) is 13.9. The van der Waals surface area contributed by atoms with Gasteiger partial charge in [0.25, 0.3) is 0 Å². The molecule has 3 unspecified atom stereocenters. The Kier molecular flexibility index (Phi) is 5.07. The smallest absolute Gasteiger partial charge is 0.243 e. The van der Waals surface area contributed by atoms with Crippen LogP contribution in [-0.2, 0) is 10.0 Å². The van der Waals surface area contributed by atoms with E-state index in [0.29, 0.717) is 10.8 Å². The summed E-state index contributed by atoms with van der Waals surface area (Å²) in [6, 6.07) is 6.92. The number of benzene rings is 1. The fourth-order valence-corrected chi connectivity index (χ4v) is 4.68. The Balaban J connectivity index is 2.30. The maximum Gasteiger partial charge on any atom is 0.243 e. The first-order chi connectivity index (χ1) is 9.84. The van der Waals surface area contributed by atoms with Gasteiger partial charge in [-0.05, 0) is 43.4 Å². The van der Waals surface area contributed by atoms with E-state index < -0.39 is 10.0 Å². The minimum Gasteiger partial charge on any atom is -0.324 e. The SMILES string of the molecule is CC(N)c1cccc(S(=O)(=O)N(C)C2CCCCC2C)c1. The zero-order valence-electron chi connectivity index (χ0n) is 13.1. The van der Waals surface area contributed by atoms with Crippen LogP contribution < -0.4 is 5.73 Å². The van der Waals surface area contributed by atoms with Crippen LogP contribution in [0.1, 0.15) is 51.1 Å². The van der Waals surface area contributed by atoms with Gasteiger partial charge in [0.05, 0.1) is 4.90 Å². The monoisotopic (exact) mass is 310 g/mol. The fraction of sp³-hybridized carbons (Fsp3) is 0.625. The van der Waals surface area contributed by atoms with Crippen LogP contribution in [0.15, 0.2) is 29.2 Å². The molecule has 1 fully saturated rings. The van der Waals surface area contributed by atoms with Crippen molar-refractivity contribution in [3.05, 3.63) is 29.8 Å². The number of hydrogen-bond acceptors (Lipinski definition) is 3. The van der Waals surface area contributed by atoms with Crippen molar-refractivity contribution in [2.75, 3.05) is 7.05 Å². The van der Waals surface area contributed by atoms with Crippen LogP contribution in [0.2, 0.25) is 0 Å². The molecule has 1 aliphatic rings. The second-order valence-electron chi connectivity index (χ2n) is 6.21. The molecule has 2 rings (SSSR count). The third-order valence-corrected chi connectivity index (χ3v) is 6.47. The summed E-state index contributed by atoms with van der Waals surface area (Å²) < 4.78 is 27.2. The van der Waals surface area contributed by atoms with E-state index in [1.807, 2.05) is 13.0 Å². The minimum absolute atomic E-state index is 0.0997. The lowest BCUT2D eigenvalue weighted by molar-refractivity contribution is 0.213. The third kappa shape index (κ3) is 3.47. The molecule has 1 saturated carbocycles. The Hall–Kier alpha value is -0.910. The highest BCUT2D eigenvalue weighted by Crippen LogP contribution is 2.31. The highest BCUT2D eigenvalue weighted by atomic mass is 32.2. The molecule has 0 radical (unpaired) electrons. The van der Waals surface area contributed by atoms with Crippen molar-refractivity contribution in [2.45, 2.75) is 56.5 Å². The molecule has 0 bridgehead atoms. The van der Waals surface area contributed by atoms with Gasteiger partial charge in [-0.15, -0.1) is 0 Å². The summed E-state index contributed by atoms with van der Waals surface area (Å²) in [6.07, 6.45) is 4.36. The van der Waals surface area contributed by atoms with Crippen molar-refractivity contribution < 1.29 is 8.42 Å². The van der Waals surface area contributed by atoms with E-state index in [-0.39, 0.29) is 12.1 Å². The third-order valence-electron chi connectivity index (χ3n) is 4.59. The number of nitrogens with zero attached hydrogens (tertiary/aromatic N) is 1. The van der Waals surface area contributed by atoms with Gasteiger partial charge in [0.1, 0.15) is 0 Å². The molecular formula is C16H26N2O2S. The number of hydrogen-bond donors (Lipinski definition) is 1. The van der Waals surface area contributed by atoms with E-state index in [1.54, 1.807) is 29.6 Å². The molecule has 0 saturated heterocycles. The maximum atomic E-state index is 12.8. The van der Waals surface area contributed by atoms with Crippen LogP contribution in [0.25, 0.3) is 0 Å². The molecule has 4 nitrogen and oxygen atoms in total. The van der Waals surface area contributed by atoms with Crippen molar-refractivity contribution in [1.29, 1.82) is 0 Å². The average Bonchev–Trinajstić information content (AvgIpc) is 2.47. The van der Waals surface area contributed by atoms with Gasteiger partial charge < -0.3 is 5.73 Å². The summed E-state index contributed by atoms with van der Waals surface area (Å²) in [4.78, 5) is 0.345. The van der Waals surface area contributed by atoms with E-state index in [2.05, 4.69) is 6.92 Å². The Morgan fingerprint density at radius 2 is 1.95 bits per heavy atom. The Labute approximate surface area is 128 Å². The molecule has 0 amide bonds. The van der Waals surface area contributed by atoms with Crippen LogP contribution in [0.4, 0.5) is 0 Å². The van der Waals surface area contributed by atoms with Gasteiger partial charge in [-0.3, -0.25) is 0 Å². The van der Waals surface area contributed by atoms with Gasteiger partial charge >= 0.3 is 0 Å². The number of rotatable bonds is 4. The first-order valence-electron chi connectivity index (χ1n) is 7.67. The molecule has 21 heavy (non-hydrogen) atoms. The molecule has 0 heterocycles. The van der Waals surface area contributed by atoms with Crippen LogP contribution in [0.5, 0.6) is 0 Å². The molecule has 3 atom stereocenters. The predicted molar refractivity (Wildman–Crippen MR) is 85.4 cm³/mol. The number of sulfonamides is 1. The van der Waals surface area contributed by atoms with Gasteiger partial charge in [-0.1, -0.05) is 31.9 Å². The topological polar surface area (TPSA) is 63.4 Å². The summed E-state index contributed by atoms with van der Waals surface area (Å²) >= 11 is 0. The van der Waals surface area contributed by atoms with Crippen LogP contribution in [0.3, 0.4) is 0 Å². The largest absolute Gasteiger partial charge is 0.324 e. The fourth-order valence-electron chi connectivity index (χ4n) is 3.14. The molecule has 1 aromatic carbocycles. The van der Waals surface area contributed by atoms with Crippen molar-refractivity contribution in [3.63, 3.8) is 0 Å². The van der Waals surface area contributed by atoms with E-state index in [4.69, 9.17) is 5.73 Å². The summed E-state index contributed by atoms with van der Waals surface area (Å²) in [5.74, 6) is 0.412. The quantitative estimate of drug-likeness (QED) is 0.930.